The molecule has 19 heavy (non-hydrogen) atoms. The van der Waals surface area contributed by atoms with E-state index in [1.807, 2.05) is 0 Å². The number of nitrogens with zero attached hydrogens (tertiary/aromatic N) is 1. The zero-order chi connectivity index (χ0) is 14.4. The fourth-order valence-corrected chi connectivity index (χ4v) is 2.54. The van der Waals surface area contributed by atoms with E-state index in [0.717, 1.165) is 18.8 Å². The van der Waals surface area contributed by atoms with Crippen LogP contribution >= 0.6 is 0 Å². The minimum Gasteiger partial charge on any atom is -0.480 e. The van der Waals surface area contributed by atoms with Crippen LogP contribution in [0.15, 0.2) is 0 Å². The third-order valence-corrected chi connectivity index (χ3v) is 4.34. The second-order valence-corrected chi connectivity index (χ2v) is 5.61. The third kappa shape index (κ3) is 4.73. The number of nitrogens with one attached hydrogen (secondary N) is 1. The van der Waals surface area contributed by atoms with E-state index in [0.29, 0.717) is 12.5 Å². The van der Waals surface area contributed by atoms with Crippen molar-refractivity contribution in [2.24, 2.45) is 11.8 Å². The lowest BCUT2D eigenvalue weighted by atomic mass is 9.81. The Hall–Kier alpha value is -1.26. The number of carbonyl (C=O) groups is 2. The van der Waals surface area contributed by atoms with Gasteiger partial charge in [0, 0.05) is 13.6 Å². The molecule has 0 heterocycles. The first-order valence-electron chi connectivity index (χ1n) is 7.19. The number of rotatable bonds is 5. The summed E-state index contributed by atoms with van der Waals surface area (Å²) >= 11 is 0. The Labute approximate surface area is 115 Å². The van der Waals surface area contributed by atoms with Gasteiger partial charge < -0.3 is 15.3 Å². The summed E-state index contributed by atoms with van der Waals surface area (Å²) in [5.41, 5.74) is 0. The molecule has 1 saturated carbocycles. The highest BCUT2D eigenvalue weighted by molar-refractivity contribution is 5.82. The highest BCUT2D eigenvalue weighted by atomic mass is 16.4. The summed E-state index contributed by atoms with van der Waals surface area (Å²) in [7, 11) is 1.52. The Morgan fingerprint density at radius 2 is 1.79 bits per heavy atom. The van der Waals surface area contributed by atoms with Crippen molar-refractivity contribution in [2.45, 2.75) is 52.0 Å². The van der Waals surface area contributed by atoms with E-state index in [1.54, 1.807) is 0 Å². The van der Waals surface area contributed by atoms with Gasteiger partial charge in [0.25, 0.3) is 0 Å². The van der Waals surface area contributed by atoms with Crippen LogP contribution in [0, 0.1) is 11.8 Å². The molecular formula is C14H26N2O3. The fourth-order valence-electron chi connectivity index (χ4n) is 2.54. The van der Waals surface area contributed by atoms with Crippen LogP contribution < -0.4 is 5.32 Å². The Balaban J connectivity index is 2.29. The van der Waals surface area contributed by atoms with Gasteiger partial charge in [-0.3, -0.25) is 0 Å². The van der Waals surface area contributed by atoms with E-state index in [9.17, 15) is 9.59 Å². The highest BCUT2D eigenvalue weighted by Gasteiger charge is 2.24. The molecule has 5 nitrogen and oxygen atoms in total. The highest BCUT2D eigenvalue weighted by Crippen LogP contribution is 2.30. The molecule has 0 bridgehead atoms. The van der Waals surface area contributed by atoms with Gasteiger partial charge in [-0.25, -0.2) is 9.59 Å². The summed E-state index contributed by atoms with van der Waals surface area (Å²) < 4.78 is 0. The van der Waals surface area contributed by atoms with Crippen LogP contribution in [0.2, 0.25) is 0 Å². The maximum absolute atomic E-state index is 11.8. The second kappa shape index (κ2) is 7.36. The Morgan fingerprint density at radius 1 is 1.26 bits per heavy atom. The van der Waals surface area contributed by atoms with Crippen molar-refractivity contribution in [1.29, 1.82) is 0 Å². The van der Waals surface area contributed by atoms with Gasteiger partial charge >= 0.3 is 12.0 Å². The van der Waals surface area contributed by atoms with Crippen molar-refractivity contribution in [3.05, 3.63) is 0 Å². The molecule has 2 N–H and O–H groups in total. The zero-order valence-electron chi connectivity index (χ0n) is 12.2. The van der Waals surface area contributed by atoms with E-state index in [4.69, 9.17) is 5.11 Å². The molecule has 110 valence electrons. The lowest BCUT2D eigenvalue weighted by Gasteiger charge is -2.29. The summed E-state index contributed by atoms with van der Waals surface area (Å²) in [5, 5.41) is 11.7. The lowest BCUT2D eigenvalue weighted by molar-refractivity contribution is -0.141. The fraction of sp³-hybridized carbons (Fsp3) is 0.857. The number of aliphatic carboxylic acids is 1. The average molecular weight is 270 g/mol. The number of carboxylic acids is 1. The second-order valence-electron chi connectivity index (χ2n) is 5.61. The monoisotopic (exact) mass is 270 g/mol. The van der Waals surface area contributed by atoms with Gasteiger partial charge in [0.2, 0.25) is 0 Å². The maximum Gasteiger partial charge on any atom is 0.326 e. The zero-order valence-corrected chi connectivity index (χ0v) is 12.2. The summed E-state index contributed by atoms with van der Waals surface area (Å²) in [4.78, 5) is 23.8. The topological polar surface area (TPSA) is 69.6 Å². The van der Waals surface area contributed by atoms with E-state index in [-0.39, 0.29) is 6.03 Å². The number of hydrogen-bond donors (Lipinski definition) is 2. The number of urea groups is 1. The molecule has 0 aromatic heterocycles. The van der Waals surface area contributed by atoms with E-state index >= 15 is 0 Å². The quantitative estimate of drug-likeness (QED) is 0.805. The molecule has 1 unspecified atom stereocenters. The van der Waals surface area contributed by atoms with Crippen molar-refractivity contribution in [1.82, 2.24) is 10.2 Å². The van der Waals surface area contributed by atoms with Crippen LogP contribution in [0.3, 0.4) is 0 Å². The van der Waals surface area contributed by atoms with Crippen LogP contribution in [0.25, 0.3) is 0 Å². The van der Waals surface area contributed by atoms with Crippen molar-refractivity contribution < 1.29 is 14.7 Å². The molecule has 0 aromatic carbocycles. The van der Waals surface area contributed by atoms with Crippen molar-refractivity contribution in [3.63, 3.8) is 0 Å². The van der Waals surface area contributed by atoms with Gasteiger partial charge in [-0.1, -0.05) is 26.2 Å². The minimum atomic E-state index is -0.985. The summed E-state index contributed by atoms with van der Waals surface area (Å²) in [6.07, 6.45) is 6.07. The van der Waals surface area contributed by atoms with Crippen LogP contribution in [0.1, 0.15) is 46.0 Å². The van der Waals surface area contributed by atoms with Crippen LogP contribution in [-0.4, -0.2) is 41.6 Å². The molecule has 1 fully saturated rings. The number of carbonyl (C=O) groups excluding carboxylic acids is 1. The van der Waals surface area contributed by atoms with Crippen LogP contribution in [0.5, 0.6) is 0 Å². The van der Waals surface area contributed by atoms with Gasteiger partial charge in [-0.2, -0.15) is 0 Å². The molecule has 0 saturated heterocycles. The Kier molecular flexibility index (Phi) is 6.12. The van der Waals surface area contributed by atoms with Crippen LogP contribution in [-0.2, 0) is 4.79 Å². The third-order valence-electron chi connectivity index (χ3n) is 4.34. The summed E-state index contributed by atoms with van der Waals surface area (Å²) in [6.45, 7) is 4.40. The number of hydrogen-bond acceptors (Lipinski definition) is 2. The molecule has 1 aliphatic carbocycles. The molecule has 2 amide bonds. The van der Waals surface area contributed by atoms with Crippen molar-refractivity contribution in [2.75, 3.05) is 13.6 Å². The number of carboxylic acid groups (broad SMARTS) is 1. The predicted octanol–water partition coefficient (Wildman–Crippen LogP) is 2.32. The number of amides is 2. The van der Waals surface area contributed by atoms with Gasteiger partial charge in [-0.05, 0) is 31.6 Å². The maximum atomic E-state index is 11.8. The first-order valence-corrected chi connectivity index (χ1v) is 7.19. The van der Waals surface area contributed by atoms with E-state index in [2.05, 4.69) is 12.2 Å². The van der Waals surface area contributed by atoms with Gasteiger partial charge in [0.05, 0.1) is 0 Å². The molecule has 1 rings (SSSR count). The molecule has 1 atom stereocenters. The SMILES string of the molecule is CCC1CCC(CNC(=O)N(C)C(C)C(=O)O)CC1. The van der Waals surface area contributed by atoms with Crippen LogP contribution in [0.4, 0.5) is 4.79 Å². The van der Waals surface area contributed by atoms with Gasteiger partial charge in [0.15, 0.2) is 0 Å². The van der Waals surface area contributed by atoms with E-state index < -0.39 is 12.0 Å². The van der Waals surface area contributed by atoms with Crippen molar-refractivity contribution in [3.8, 4) is 0 Å². The molecule has 1 aliphatic rings. The molecule has 0 aliphatic heterocycles. The minimum absolute atomic E-state index is 0.299. The lowest BCUT2D eigenvalue weighted by Crippen LogP contribution is -2.47. The number of likely N-dealkylation sites (N-methyl/N-ethyl adjacent to an activating group) is 1. The molecule has 5 heteroatoms. The Morgan fingerprint density at radius 3 is 2.26 bits per heavy atom. The first kappa shape index (κ1) is 15.8. The van der Waals surface area contributed by atoms with Gasteiger partial charge in [0.1, 0.15) is 6.04 Å². The Bertz CT molecular complexity index is 312. The predicted molar refractivity (Wildman–Crippen MR) is 74.0 cm³/mol. The molecule has 0 aromatic rings. The molecule has 0 spiro atoms. The summed E-state index contributed by atoms with van der Waals surface area (Å²) in [6, 6.07) is -1.09. The first-order chi connectivity index (χ1) is 8.95. The summed E-state index contributed by atoms with van der Waals surface area (Å²) in [5.74, 6) is 0.406. The normalized spacial score (nSPS) is 24.6. The smallest absolute Gasteiger partial charge is 0.326 e. The average Bonchev–Trinajstić information content (AvgIpc) is 2.43. The van der Waals surface area contributed by atoms with Gasteiger partial charge in [-0.15, -0.1) is 0 Å². The van der Waals surface area contributed by atoms with E-state index in [1.165, 1.54) is 38.1 Å². The standard InChI is InChI=1S/C14H26N2O3/c1-4-11-5-7-12(8-6-11)9-15-14(19)16(3)10(2)13(17)18/h10-12H,4-9H2,1-3H3,(H,15,19)(H,17,18). The van der Waals surface area contributed by atoms with Crippen molar-refractivity contribution >= 4 is 12.0 Å². The largest absolute Gasteiger partial charge is 0.480 e. The molecule has 0 radical (unpaired) electrons. The molecular weight excluding hydrogens is 244 g/mol.